The SMILES string of the molecule is O=C(NCC[C@@H](O)c1ccoc1)C12CC3CC(CC(C3)C1)C2. The Morgan fingerprint density at radius 1 is 1.27 bits per heavy atom. The van der Waals surface area contributed by atoms with E-state index in [9.17, 15) is 9.90 Å². The van der Waals surface area contributed by atoms with Crippen molar-refractivity contribution in [1.82, 2.24) is 5.32 Å². The van der Waals surface area contributed by atoms with Crippen molar-refractivity contribution >= 4 is 5.91 Å². The van der Waals surface area contributed by atoms with E-state index < -0.39 is 6.10 Å². The number of nitrogens with one attached hydrogen (secondary N) is 1. The monoisotopic (exact) mass is 303 g/mol. The zero-order chi connectivity index (χ0) is 15.2. The van der Waals surface area contributed by atoms with Crippen LogP contribution in [0.15, 0.2) is 23.0 Å². The Balaban J connectivity index is 1.33. The Morgan fingerprint density at radius 2 is 1.91 bits per heavy atom. The van der Waals surface area contributed by atoms with Crippen LogP contribution in [0.4, 0.5) is 0 Å². The molecule has 0 saturated heterocycles. The van der Waals surface area contributed by atoms with Crippen LogP contribution in [0.25, 0.3) is 0 Å². The number of aliphatic hydroxyl groups excluding tert-OH is 1. The van der Waals surface area contributed by atoms with Crippen LogP contribution in [0.2, 0.25) is 0 Å². The van der Waals surface area contributed by atoms with E-state index in [4.69, 9.17) is 4.42 Å². The summed E-state index contributed by atoms with van der Waals surface area (Å²) in [6, 6.07) is 1.77. The van der Waals surface area contributed by atoms with Crippen LogP contribution in [0.3, 0.4) is 0 Å². The van der Waals surface area contributed by atoms with Gasteiger partial charge in [-0.3, -0.25) is 4.79 Å². The minimum absolute atomic E-state index is 0.0880. The summed E-state index contributed by atoms with van der Waals surface area (Å²) in [5, 5.41) is 13.1. The van der Waals surface area contributed by atoms with Crippen LogP contribution in [0, 0.1) is 23.2 Å². The van der Waals surface area contributed by atoms with Crippen molar-refractivity contribution in [3.05, 3.63) is 24.2 Å². The Labute approximate surface area is 131 Å². The Kier molecular flexibility index (Phi) is 3.52. The number of aliphatic hydroxyl groups is 1. The van der Waals surface area contributed by atoms with Crippen molar-refractivity contribution in [1.29, 1.82) is 0 Å². The number of carbonyl (C=O) groups is 1. The minimum Gasteiger partial charge on any atom is -0.472 e. The van der Waals surface area contributed by atoms with Crippen molar-refractivity contribution in [2.75, 3.05) is 6.54 Å². The Bertz CT molecular complexity index is 501. The number of rotatable bonds is 5. The maximum atomic E-state index is 12.8. The predicted molar refractivity (Wildman–Crippen MR) is 81.9 cm³/mol. The fourth-order valence-corrected chi connectivity index (χ4v) is 5.53. The molecular formula is C18H25NO3. The highest BCUT2D eigenvalue weighted by Gasteiger charge is 2.54. The summed E-state index contributed by atoms with van der Waals surface area (Å²) in [5.41, 5.74) is 0.694. The molecule has 4 aliphatic rings. The summed E-state index contributed by atoms with van der Waals surface area (Å²) in [6.07, 6.45) is 10.4. The molecule has 4 saturated carbocycles. The van der Waals surface area contributed by atoms with E-state index >= 15 is 0 Å². The number of hydrogen-bond acceptors (Lipinski definition) is 3. The van der Waals surface area contributed by atoms with Crippen molar-refractivity contribution in [2.45, 2.75) is 51.0 Å². The predicted octanol–water partition coefficient (Wildman–Crippen LogP) is 3.04. The number of hydrogen-bond donors (Lipinski definition) is 2. The molecule has 2 N–H and O–H groups in total. The Hall–Kier alpha value is -1.29. The van der Waals surface area contributed by atoms with Gasteiger partial charge < -0.3 is 14.8 Å². The molecule has 0 aromatic carbocycles. The van der Waals surface area contributed by atoms with Crippen molar-refractivity contribution in [2.24, 2.45) is 23.2 Å². The van der Waals surface area contributed by atoms with Crippen molar-refractivity contribution < 1.29 is 14.3 Å². The van der Waals surface area contributed by atoms with E-state index in [1.165, 1.54) is 19.3 Å². The molecule has 1 atom stereocenters. The van der Waals surface area contributed by atoms with Gasteiger partial charge in [0.15, 0.2) is 0 Å². The average molecular weight is 303 g/mol. The van der Waals surface area contributed by atoms with Gasteiger partial charge in [-0.2, -0.15) is 0 Å². The summed E-state index contributed by atoms with van der Waals surface area (Å²) in [5.74, 6) is 2.60. The van der Waals surface area contributed by atoms with E-state index in [0.29, 0.717) is 13.0 Å². The van der Waals surface area contributed by atoms with E-state index in [2.05, 4.69) is 5.32 Å². The molecule has 4 nitrogen and oxygen atoms in total. The van der Waals surface area contributed by atoms with Crippen LogP contribution in [-0.4, -0.2) is 17.6 Å². The van der Waals surface area contributed by atoms with Crippen LogP contribution >= 0.6 is 0 Å². The van der Waals surface area contributed by atoms with Gasteiger partial charge in [-0.05, 0) is 68.8 Å². The second-order valence-corrected chi connectivity index (χ2v) is 7.81. The second-order valence-electron chi connectivity index (χ2n) is 7.81. The lowest BCUT2D eigenvalue weighted by atomic mass is 9.49. The normalized spacial score (nSPS) is 37.2. The first-order chi connectivity index (χ1) is 10.6. The first-order valence-corrected chi connectivity index (χ1v) is 8.63. The van der Waals surface area contributed by atoms with Crippen molar-refractivity contribution in [3.63, 3.8) is 0 Å². The third-order valence-electron chi connectivity index (χ3n) is 6.15. The van der Waals surface area contributed by atoms with E-state index in [1.807, 2.05) is 0 Å². The lowest BCUT2D eigenvalue weighted by Crippen LogP contribution is -2.53. The molecular weight excluding hydrogens is 278 g/mol. The van der Waals surface area contributed by atoms with Crippen molar-refractivity contribution in [3.8, 4) is 0 Å². The number of carbonyl (C=O) groups excluding carboxylic acids is 1. The van der Waals surface area contributed by atoms with Gasteiger partial charge in [-0.1, -0.05) is 0 Å². The molecule has 0 radical (unpaired) electrons. The lowest BCUT2D eigenvalue weighted by Gasteiger charge is -2.55. The van der Waals surface area contributed by atoms with Gasteiger partial charge in [0.1, 0.15) is 0 Å². The van der Waals surface area contributed by atoms with Gasteiger partial charge in [0.25, 0.3) is 0 Å². The molecule has 22 heavy (non-hydrogen) atoms. The molecule has 120 valence electrons. The van der Waals surface area contributed by atoms with Crippen LogP contribution in [0.1, 0.15) is 56.6 Å². The van der Waals surface area contributed by atoms with Gasteiger partial charge in [-0.25, -0.2) is 0 Å². The first kappa shape index (κ1) is 14.3. The van der Waals surface area contributed by atoms with Gasteiger partial charge in [0, 0.05) is 17.5 Å². The summed E-state index contributed by atoms with van der Waals surface area (Å²) in [4.78, 5) is 12.8. The summed E-state index contributed by atoms with van der Waals surface area (Å²) < 4.78 is 4.98. The molecule has 5 rings (SSSR count). The van der Waals surface area contributed by atoms with Gasteiger partial charge in [0.2, 0.25) is 5.91 Å². The standard InChI is InChI=1S/C18H25NO3/c20-16(15-2-4-22-11-15)1-3-19-17(21)18-8-12-5-13(9-18)7-14(6-12)10-18/h2,4,11-14,16,20H,1,3,5-10H2,(H,19,21)/t12?,13?,14?,16-,18?/m1/s1. The molecule has 0 spiro atoms. The Morgan fingerprint density at radius 3 is 2.45 bits per heavy atom. The number of amides is 1. The highest BCUT2D eigenvalue weighted by molar-refractivity contribution is 5.83. The van der Waals surface area contributed by atoms with Crippen LogP contribution < -0.4 is 5.32 Å². The smallest absolute Gasteiger partial charge is 0.226 e. The highest BCUT2D eigenvalue weighted by Crippen LogP contribution is 2.60. The third kappa shape index (κ3) is 2.47. The molecule has 1 heterocycles. The van der Waals surface area contributed by atoms with Crippen LogP contribution in [-0.2, 0) is 4.79 Å². The van der Waals surface area contributed by atoms with Gasteiger partial charge >= 0.3 is 0 Å². The fraction of sp³-hybridized carbons (Fsp3) is 0.722. The lowest BCUT2D eigenvalue weighted by molar-refractivity contribution is -0.146. The highest BCUT2D eigenvalue weighted by atomic mass is 16.3. The summed E-state index contributed by atoms with van der Waals surface area (Å²) in [6.45, 7) is 0.535. The van der Waals surface area contributed by atoms with Gasteiger partial charge in [-0.15, -0.1) is 0 Å². The van der Waals surface area contributed by atoms with Crippen LogP contribution in [0.5, 0.6) is 0 Å². The molecule has 4 fully saturated rings. The molecule has 1 aromatic heterocycles. The molecule has 4 bridgehead atoms. The number of furan rings is 1. The molecule has 0 unspecified atom stereocenters. The molecule has 4 aliphatic carbocycles. The van der Waals surface area contributed by atoms with E-state index in [1.54, 1.807) is 18.6 Å². The van der Waals surface area contributed by atoms with E-state index in [0.717, 1.165) is 42.6 Å². The largest absolute Gasteiger partial charge is 0.472 e. The molecule has 0 aliphatic heterocycles. The second kappa shape index (κ2) is 5.41. The quantitative estimate of drug-likeness (QED) is 0.879. The molecule has 1 amide bonds. The first-order valence-electron chi connectivity index (χ1n) is 8.63. The average Bonchev–Trinajstić information content (AvgIpc) is 2.99. The molecule has 4 heteroatoms. The fourth-order valence-electron chi connectivity index (χ4n) is 5.53. The molecule has 1 aromatic rings. The van der Waals surface area contributed by atoms with Gasteiger partial charge in [0.05, 0.1) is 18.6 Å². The maximum Gasteiger partial charge on any atom is 0.226 e. The minimum atomic E-state index is -0.560. The topological polar surface area (TPSA) is 62.5 Å². The summed E-state index contributed by atoms with van der Waals surface area (Å²) >= 11 is 0. The van der Waals surface area contributed by atoms with E-state index in [-0.39, 0.29) is 11.3 Å². The third-order valence-corrected chi connectivity index (χ3v) is 6.15. The zero-order valence-electron chi connectivity index (χ0n) is 13.0. The summed E-state index contributed by atoms with van der Waals surface area (Å²) in [7, 11) is 0. The maximum absolute atomic E-state index is 12.8. The zero-order valence-corrected chi connectivity index (χ0v) is 13.0.